The molecule has 0 aliphatic rings. The largest absolute Gasteiger partial charge is 0.438 e. The second-order valence-electron chi connectivity index (χ2n) is 6.56. The number of pyridine rings is 1. The maximum Gasteiger partial charge on any atom is 0.221 e. The van der Waals surface area contributed by atoms with Crippen LogP contribution in [0.25, 0.3) is 10.9 Å². The van der Waals surface area contributed by atoms with Crippen molar-refractivity contribution in [1.82, 2.24) is 9.55 Å². The Labute approximate surface area is 161 Å². The average molecular weight is 379 g/mol. The molecule has 0 aliphatic carbocycles. The second-order valence-corrected chi connectivity index (χ2v) is 6.56. The Bertz CT molecular complexity index is 1150. The van der Waals surface area contributed by atoms with Gasteiger partial charge in [0.25, 0.3) is 0 Å². The maximum absolute atomic E-state index is 14.1. The molecular weight excluding hydrogens is 360 g/mol. The van der Waals surface area contributed by atoms with E-state index in [0.717, 1.165) is 28.2 Å². The number of halogens is 2. The highest BCUT2D eigenvalue weighted by atomic mass is 19.1. The minimum Gasteiger partial charge on any atom is -0.438 e. The second kappa shape index (κ2) is 7.31. The van der Waals surface area contributed by atoms with Gasteiger partial charge in [0, 0.05) is 48.2 Å². The van der Waals surface area contributed by atoms with Gasteiger partial charge in [0.05, 0.1) is 12.1 Å². The van der Waals surface area contributed by atoms with Gasteiger partial charge in [0.1, 0.15) is 17.4 Å². The van der Waals surface area contributed by atoms with Gasteiger partial charge in [0.2, 0.25) is 5.88 Å². The van der Waals surface area contributed by atoms with Crippen LogP contribution in [0.15, 0.2) is 60.9 Å². The number of fused-ring (bicyclic) bond motifs is 1. The predicted octanol–water partition coefficient (Wildman–Crippen LogP) is 5.51. The summed E-state index contributed by atoms with van der Waals surface area (Å²) >= 11 is 0. The van der Waals surface area contributed by atoms with E-state index in [2.05, 4.69) is 10.3 Å². The number of nitrogens with one attached hydrogen (secondary N) is 1. The van der Waals surface area contributed by atoms with Gasteiger partial charge in [-0.05, 0) is 36.8 Å². The molecule has 0 bridgehead atoms. The fourth-order valence-corrected chi connectivity index (χ4v) is 3.31. The summed E-state index contributed by atoms with van der Waals surface area (Å²) in [6.07, 6.45) is 3.62. The monoisotopic (exact) mass is 379 g/mol. The number of aryl methyl sites for hydroxylation is 1. The van der Waals surface area contributed by atoms with Gasteiger partial charge in [-0.2, -0.15) is 0 Å². The van der Waals surface area contributed by atoms with Gasteiger partial charge < -0.3 is 14.6 Å². The van der Waals surface area contributed by atoms with E-state index in [-0.39, 0.29) is 0 Å². The summed E-state index contributed by atoms with van der Waals surface area (Å²) in [7, 11) is 1.83. The number of anilines is 1. The van der Waals surface area contributed by atoms with Crippen LogP contribution in [0.2, 0.25) is 0 Å². The smallest absolute Gasteiger partial charge is 0.221 e. The van der Waals surface area contributed by atoms with Gasteiger partial charge >= 0.3 is 0 Å². The van der Waals surface area contributed by atoms with Crippen LogP contribution in [0.1, 0.15) is 11.1 Å². The zero-order valence-corrected chi connectivity index (χ0v) is 15.5. The highest BCUT2D eigenvalue weighted by Gasteiger charge is 2.14. The highest BCUT2D eigenvalue weighted by Crippen LogP contribution is 2.34. The quantitative estimate of drug-likeness (QED) is 0.497. The summed E-state index contributed by atoms with van der Waals surface area (Å²) in [4.78, 5) is 4.26. The van der Waals surface area contributed by atoms with Crippen molar-refractivity contribution < 1.29 is 13.5 Å². The van der Waals surface area contributed by atoms with E-state index in [4.69, 9.17) is 4.74 Å². The van der Waals surface area contributed by atoms with Crippen LogP contribution in [-0.4, -0.2) is 16.6 Å². The Kier molecular flexibility index (Phi) is 4.69. The van der Waals surface area contributed by atoms with Gasteiger partial charge in [-0.1, -0.05) is 12.1 Å². The first kappa shape index (κ1) is 18.0. The van der Waals surface area contributed by atoms with E-state index >= 15 is 0 Å². The fraction of sp³-hybridized carbons (Fsp3) is 0.136. The third-order valence-electron chi connectivity index (χ3n) is 4.65. The van der Waals surface area contributed by atoms with Gasteiger partial charge in [0.15, 0.2) is 0 Å². The molecule has 2 aromatic heterocycles. The SMILES string of the molecule is CNc1ccnc(Oc2cccc3c2c(C)cn3Cc2ccc(F)cc2F)c1. The van der Waals surface area contributed by atoms with E-state index in [1.165, 1.54) is 12.1 Å². The molecule has 0 unspecified atom stereocenters. The molecule has 28 heavy (non-hydrogen) atoms. The number of aromatic nitrogens is 2. The number of hydrogen-bond acceptors (Lipinski definition) is 3. The van der Waals surface area contributed by atoms with Gasteiger partial charge in [-0.3, -0.25) is 0 Å². The number of benzene rings is 2. The first-order valence-electron chi connectivity index (χ1n) is 8.89. The van der Waals surface area contributed by atoms with E-state index < -0.39 is 11.6 Å². The molecular formula is C22H19F2N3O. The van der Waals surface area contributed by atoms with Crippen LogP contribution in [0.5, 0.6) is 11.6 Å². The molecule has 0 saturated heterocycles. The minimum absolute atomic E-state index is 0.299. The fourth-order valence-electron chi connectivity index (χ4n) is 3.31. The predicted molar refractivity (Wildman–Crippen MR) is 106 cm³/mol. The van der Waals surface area contributed by atoms with Crippen molar-refractivity contribution in [3.8, 4) is 11.6 Å². The number of nitrogens with zero attached hydrogens (tertiary/aromatic N) is 2. The molecule has 0 atom stereocenters. The zero-order chi connectivity index (χ0) is 19.7. The summed E-state index contributed by atoms with van der Waals surface area (Å²) in [6.45, 7) is 2.28. The van der Waals surface area contributed by atoms with E-state index in [9.17, 15) is 8.78 Å². The average Bonchev–Trinajstić information content (AvgIpc) is 3.01. The van der Waals surface area contributed by atoms with E-state index in [1.54, 1.807) is 6.20 Å². The lowest BCUT2D eigenvalue weighted by molar-refractivity contribution is 0.468. The Morgan fingerprint density at radius 2 is 1.96 bits per heavy atom. The number of rotatable bonds is 5. The van der Waals surface area contributed by atoms with Crippen molar-refractivity contribution in [3.63, 3.8) is 0 Å². The zero-order valence-electron chi connectivity index (χ0n) is 15.5. The standard InChI is InChI=1S/C22H19F2N3O/c1-14-12-27(13-15-6-7-16(23)10-18(15)24)19-4-3-5-20(22(14)19)28-21-11-17(25-2)8-9-26-21/h3-12H,13H2,1-2H3,(H,25,26). The van der Waals surface area contributed by atoms with Crippen molar-refractivity contribution in [2.45, 2.75) is 13.5 Å². The Morgan fingerprint density at radius 3 is 2.75 bits per heavy atom. The number of hydrogen-bond donors (Lipinski definition) is 1. The molecule has 0 saturated carbocycles. The van der Waals surface area contributed by atoms with E-state index in [1.807, 2.05) is 55.1 Å². The van der Waals surface area contributed by atoms with Crippen molar-refractivity contribution >= 4 is 16.6 Å². The van der Waals surface area contributed by atoms with Gasteiger partial charge in [-0.15, -0.1) is 0 Å². The molecule has 2 aromatic carbocycles. The summed E-state index contributed by atoms with van der Waals surface area (Å²) in [6, 6.07) is 13.0. The topological polar surface area (TPSA) is 39.1 Å². The van der Waals surface area contributed by atoms with Crippen LogP contribution in [-0.2, 0) is 6.54 Å². The lowest BCUT2D eigenvalue weighted by atomic mass is 10.1. The van der Waals surface area contributed by atoms with Crippen LogP contribution in [0, 0.1) is 18.6 Å². The molecule has 1 N–H and O–H groups in total. The molecule has 0 aliphatic heterocycles. The molecule has 0 amide bonds. The normalized spacial score (nSPS) is 11.0. The first-order valence-corrected chi connectivity index (χ1v) is 8.89. The molecule has 0 fully saturated rings. The Morgan fingerprint density at radius 1 is 1.11 bits per heavy atom. The highest BCUT2D eigenvalue weighted by molar-refractivity contribution is 5.90. The molecule has 4 rings (SSSR count). The first-order chi connectivity index (χ1) is 13.5. The molecule has 4 nitrogen and oxygen atoms in total. The van der Waals surface area contributed by atoms with Crippen molar-refractivity contribution in [1.29, 1.82) is 0 Å². The minimum atomic E-state index is -0.582. The molecule has 2 heterocycles. The third kappa shape index (κ3) is 3.41. The molecule has 0 radical (unpaired) electrons. The van der Waals surface area contributed by atoms with Crippen LogP contribution in [0.3, 0.4) is 0 Å². The van der Waals surface area contributed by atoms with E-state index in [0.29, 0.717) is 23.7 Å². The molecule has 142 valence electrons. The van der Waals surface area contributed by atoms with Crippen LogP contribution in [0.4, 0.5) is 14.5 Å². The lowest BCUT2D eigenvalue weighted by Gasteiger charge is -2.10. The summed E-state index contributed by atoms with van der Waals surface area (Å²) in [5.74, 6) is 0.0203. The summed E-state index contributed by atoms with van der Waals surface area (Å²) in [5, 5.41) is 3.99. The van der Waals surface area contributed by atoms with Gasteiger partial charge in [-0.25, -0.2) is 13.8 Å². The Hall–Kier alpha value is -3.41. The molecule has 6 heteroatoms. The third-order valence-corrected chi connectivity index (χ3v) is 4.65. The molecule has 0 spiro atoms. The van der Waals surface area contributed by atoms with Crippen LogP contribution < -0.4 is 10.1 Å². The van der Waals surface area contributed by atoms with Crippen LogP contribution >= 0.6 is 0 Å². The number of ether oxygens (including phenoxy) is 1. The summed E-state index contributed by atoms with van der Waals surface area (Å²) < 4.78 is 35.2. The maximum atomic E-state index is 14.1. The molecule has 4 aromatic rings. The van der Waals surface area contributed by atoms with Crippen molar-refractivity contribution in [3.05, 3.63) is 83.7 Å². The summed E-state index contributed by atoms with van der Waals surface area (Å²) in [5.41, 5.74) is 3.23. The Balaban J connectivity index is 1.72. The van der Waals surface area contributed by atoms with Crippen molar-refractivity contribution in [2.24, 2.45) is 0 Å². The van der Waals surface area contributed by atoms with Crippen molar-refractivity contribution in [2.75, 3.05) is 12.4 Å². The lowest BCUT2D eigenvalue weighted by Crippen LogP contribution is -2.01.